The van der Waals surface area contributed by atoms with Crippen molar-refractivity contribution in [1.82, 2.24) is 0 Å². The molecule has 2 aliphatic rings. The molecule has 0 fully saturated rings. The number of fused-ring (bicyclic) bond motifs is 3. The highest BCUT2D eigenvalue weighted by Crippen LogP contribution is 2.22. The standard InChI is InChI=1S/C10H6N2/c1-2-8-4-6-12-10(8)9-7(1)3-5-11-9/h1-6H. The summed E-state index contributed by atoms with van der Waals surface area (Å²) in [6.45, 7) is 0. The summed E-state index contributed by atoms with van der Waals surface area (Å²) in [7, 11) is 0. The summed E-state index contributed by atoms with van der Waals surface area (Å²) in [4.78, 5) is 8.51. The number of benzene rings is 1. The van der Waals surface area contributed by atoms with Crippen molar-refractivity contribution in [1.29, 1.82) is 0 Å². The fourth-order valence-electron chi connectivity index (χ4n) is 1.54. The van der Waals surface area contributed by atoms with Gasteiger partial charge in [-0.25, -0.2) is 0 Å². The molecule has 0 saturated carbocycles. The van der Waals surface area contributed by atoms with Crippen LogP contribution in [-0.2, 0) is 0 Å². The average Bonchev–Trinajstić information content (AvgIpc) is 2.71. The van der Waals surface area contributed by atoms with Gasteiger partial charge in [0.1, 0.15) is 0 Å². The summed E-state index contributed by atoms with van der Waals surface area (Å²) in [6.07, 6.45) is 7.64. The molecule has 56 valence electrons. The normalized spacial score (nSPS) is 15.3. The van der Waals surface area contributed by atoms with Crippen LogP contribution >= 0.6 is 0 Å². The van der Waals surface area contributed by atoms with Gasteiger partial charge in [0.2, 0.25) is 0 Å². The van der Waals surface area contributed by atoms with E-state index in [0.29, 0.717) is 0 Å². The van der Waals surface area contributed by atoms with E-state index in [1.54, 1.807) is 0 Å². The van der Waals surface area contributed by atoms with Gasteiger partial charge in [0, 0.05) is 22.9 Å². The molecule has 0 aromatic heterocycles. The van der Waals surface area contributed by atoms with Gasteiger partial charge in [-0.1, -0.05) is 12.1 Å². The SMILES string of the molecule is C1=Nc2c3c(ccc2=C1)=CC=N3. The summed E-state index contributed by atoms with van der Waals surface area (Å²) in [5.41, 5.74) is 2.02. The van der Waals surface area contributed by atoms with E-state index in [2.05, 4.69) is 22.1 Å². The number of hydrogen-bond acceptors (Lipinski definition) is 2. The van der Waals surface area contributed by atoms with Crippen molar-refractivity contribution in [3.63, 3.8) is 0 Å². The first-order chi connectivity index (χ1) is 5.95. The van der Waals surface area contributed by atoms with Gasteiger partial charge >= 0.3 is 0 Å². The number of rotatable bonds is 0. The minimum Gasteiger partial charge on any atom is -0.254 e. The Morgan fingerprint density at radius 3 is 1.75 bits per heavy atom. The van der Waals surface area contributed by atoms with Gasteiger partial charge in [0.25, 0.3) is 0 Å². The van der Waals surface area contributed by atoms with Crippen LogP contribution in [0.2, 0.25) is 0 Å². The third-order valence-corrected chi connectivity index (χ3v) is 2.13. The molecular weight excluding hydrogens is 148 g/mol. The molecule has 2 heterocycles. The van der Waals surface area contributed by atoms with Gasteiger partial charge < -0.3 is 0 Å². The Hall–Kier alpha value is -1.70. The molecule has 0 atom stereocenters. The molecule has 2 heteroatoms. The molecule has 12 heavy (non-hydrogen) atoms. The van der Waals surface area contributed by atoms with Gasteiger partial charge in [0.05, 0.1) is 11.4 Å². The Balaban J connectivity index is 2.57. The van der Waals surface area contributed by atoms with Crippen LogP contribution in [0.25, 0.3) is 12.2 Å². The smallest absolute Gasteiger partial charge is 0.0965 e. The molecule has 3 rings (SSSR count). The van der Waals surface area contributed by atoms with Gasteiger partial charge in [0.15, 0.2) is 0 Å². The van der Waals surface area contributed by atoms with Crippen LogP contribution in [-0.4, -0.2) is 12.4 Å². The lowest BCUT2D eigenvalue weighted by Gasteiger charge is -1.95. The van der Waals surface area contributed by atoms with Crippen molar-refractivity contribution < 1.29 is 0 Å². The first kappa shape index (κ1) is 5.89. The zero-order valence-electron chi connectivity index (χ0n) is 6.36. The van der Waals surface area contributed by atoms with Crippen molar-refractivity contribution in [3.8, 4) is 0 Å². The van der Waals surface area contributed by atoms with Gasteiger partial charge in [-0.3, -0.25) is 9.98 Å². The molecule has 0 radical (unpaired) electrons. The van der Waals surface area contributed by atoms with Crippen LogP contribution in [0.5, 0.6) is 0 Å². The first-order valence-corrected chi connectivity index (χ1v) is 3.87. The molecule has 0 bridgehead atoms. The summed E-state index contributed by atoms with van der Waals surface area (Å²) >= 11 is 0. The van der Waals surface area contributed by atoms with Gasteiger partial charge in [-0.15, -0.1) is 0 Å². The Kier molecular flexibility index (Phi) is 0.939. The lowest BCUT2D eigenvalue weighted by molar-refractivity contribution is 1.43. The van der Waals surface area contributed by atoms with Gasteiger partial charge in [-0.05, 0) is 12.2 Å². The topological polar surface area (TPSA) is 24.7 Å². The molecule has 0 N–H and O–H groups in total. The third-order valence-electron chi connectivity index (χ3n) is 2.13. The number of nitrogens with zero attached hydrogens (tertiary/aromatic N) is 2. The molecule has 2 aliphatic heterocycles. The van der Waals surface area contributed by atoms with Crippen molar-refractivity contribution in [2.45, 2.75) is 0 Å². The van der Waals surface area contributed by atoms with Crippen LogP contribution in [0.4, 0.5) is 11.4 Å². The molecule has 0 saturated heterocycles. The third kappa shape index (κ3) is 0.593. The monoisotopic (exact) mass is 154 g/mol. The number of hydrogen-bond donors (Lipinski definition) is 0. The molecule has 0 spiro atoms. The Morgan fingerprint density at radius 1 is 0.750 bits per heavy atom. The van der Waals surface area contributed by atoms with E-state index < -0.39 is 0 Å². The van der Waals surface area contributed by atoms with E-state index in [4.69, 9.17) is 0 Å². The van der Waals surface area contributed by atoms with E-state index >= 15 is 0 Å². The van der Waals surface area contributed by atoms with Crippen molar-refractivity contribution >= 4 is 36.0 Å². The van der Waals surface area contributed by atoms with Crippen molar-refractivity contribution in [2.24, 2.45) is 9.98 Å². The highest BCUT2D eigenvalue weighted by molar-refractivity contribution is 6.03. The Bertz CT molecular complexity index is 473. The molecular formula is C10H6N2. The average molecular weight is 154 g/mol. The van der Waals surface area contributed by atoms with E-state index in [1.807, 2.05) is 24.6 Å². The summed E-state index contributed by atoms with van der Waals surface area (Å²) in [6, 6.07) is 4.15. The fraction of sp³-hybridized carbons (Fsp3) is 0. The van der Waals surface area contributed by atoms with Crippen LogP contribution in [0, 0.1) is 0 Å². The van der Waals surface area contributed by atoms with E-state index in [9.17, 15) is 0 Å². The molecule has 0 unspecified atom stereocenters. The van der Waals surface area contributed by atoms with Crippen LogP contribution in [0.1, 0.15) is 0 Å². The summed E-state index contributed by atoms with van der Waals surface area (Å²) < 4.78 is 0. The minimum absolute atomic E-state index is 1.01. The highest BCUT2D eigenvalue weighted by Gasteiger charge is 2.07. The predicted molar refractivity (Wildman–Crippen MR) is 50.9 cm³/mol. The van der Waals surface area contributed by atoms with E-state index in [0.717, 1.165) is 11.4 Å². The molecule has 1 aromatic rings. The Morgan fingerprint density at radius 2 is 1.25 bits per heavy atom. The van der Waals surface area contributed by atoms with Crippen LogP contribution in [0.3, 0.4) is 0 Å². The second-order valence-electron chi connectivity index (χ2n) is 2.83. The maximum atomic E-state index is 4.26. The Labute approximate surface area is 69.3 Å². The largest absolute Gasteiger partial charge is 0.254 e. The molecule has 1 aromatic carbocycles. The second-order valence-corrected chi connectivity index (χ2v) is 2.83. The van der Waals surface area contributed by atoms with Gasteiger partial charge in [-0.2, -0.15) is 0 Å². The molecule has 0 amide bonds. The maximum absolute atomic E-state index is 4.26. The fourth-order valence-corrected chi connectivity index (χ4v) is 1.54. The van der Waals surface area contributed by atoms with E-state index in [-0.39, 0.29) is 0 Å². The maximum Gasteiger partial charge on any atom is 0.0965 e. The molecule has 2 nitrogen and oxygen atoms in total. The lowest BCUT2D eigenvalue weighted by Crippen LogP contribution is -2.05. The van der Waals surface area contributed by atoms with Crippen molar-refractivity contribution in [3.05, 3.63) is 22.6 Å². The minimum atomic E-state index is 1.01. The number of aliphatic imine (C=N–C) groups is 2. The van der Waals surface area contributed by atoms with Crippen LogP contribution in [0.15, 0.2) is 22.1 Å². The lowest BCUT2D eigenvalue weighted by atomic mass is 10.2. The predicted octanol–water partition coefficient (Wildman–Crippen LogP) is 0.679. The van der Waals surface area contributed by atoms with Crippen molar-refractivity contribution in [2.75, 3.05) is 0 Å². The van der Waals surface area contributed by atoms with Crippen LogP contribution < -0.4 is 10.4 Å². The quantitative estimate of drug-likeness (QED) is 0.525. The molecule has 0 aliphatic carbocycles. The second kappa shape index (κ2) is 1.91. The van der Waals surface area contributed by atoms with E-state index in [1.165, 1.54) is 10.4 Å². The zero-order valence-corrected chi connectivity index (χ0v) is 6.36. The summed E-state index contributed by atoms with van der Waals surface area (Å²) in [5, 5.41) is 2.34. The summed E-state index contributed by atoms with van der Waals surface area (Å²) in [5.74, 6) is 0. The highest BCUT2D eigenvalue weighted by atomic mass is 14.8. The zero-order chi connectivity index (χ0) is 7.97. The first-order valence-electron chi connectivity index (χ1n) is 3.87.